The molecule has 2 aromatic carbocycles. The third-order valence-electron chi connectivity index (χ3n) is 6.56. The van der Waals surface area contributed by atoms with Gasteiger partial charge in [0, 0.05) is 50.4 Å². The molecule has 2 N–H and O–H groups in total. The number of aliphatic carboxylic acids is 1. The van der Waals surface area contributed by atoms with Gasteiger partial charge in [-0.15, -0.1) is 0 Å². The third kappa shape index (κ3) is 5.02. The molecule has 1 heterocycles. The fourth-order valence-electron chi connectivity index (χ4n) is 4.56. The van der Waals surface area contributed by atoms with Crippen LogP contribution in [0.15, 0.2) is 35.2 Å². The van der Waals surface area contributed by atoms with Crippen molar-refractivity contribution in [1.29, 1.82) is 0 Å². The van der Waals surface area contributed by atoms with Crippen LogP contribution in [0, 0.1) is 0 Å². The van der Waals surface area contributed by atoms with Gasteiger partial charge in [-0.25, -0.2) is 12.7 Å². The van der Waals surface area contributed by atoms with Crippen molar-refractivity contribution in [3.05, 3.63) is 35.9 Å². The van der Waals surface area contributed by atoms with E-state index in [0.717, 1.165) is 22.3 Å². The van der Waals surface area contributed by atoms with E-state index in [-0.39, 0.29) is 36.5 Å². The Morgan fingerprint density at radius 2 is 1.74 bits per heavy atom. The molecule has 186 valence electrons. The molecule has 0 aromatic heterocycles. The van der Waals surface area contributed by atoms with Crippen molar-refractivity contribution in [3.63, 3.8) is 0 Å². The molecule has 0 unspecified atom stereocenters. The second-order valence-corrected chi connectivity index (χ2v) is 12.7. The van der Waals surface area contributed by atoms with Gasteiger partial charge in [-0.3, -0.25) is 9.35 Å². The molecule has 2 aromatic rings. The highest BCUT2D eigenvalue weighted by molar-refractivity contribution is 7.89. The van der Waals surface area contributed by atoms with Crippen LogP contribution in [0.3, 0.4) is 0 Å². The molecule has 0 saturated carbocycles. The summed E-state index contributed by atoms with van der Waals surface area (Å²) in [7, 11) is -6.46. The zero-order valence-corrected chi connectivity index (χ0v) is 21.4. The minimum absolute atomic E-state index is 0.0931. The number of hydrogen-bond acceptors (Lipinski definition) is 5. The Morgan fingerprint density at radius 3 is 2.35 bits per heavy atom. The average Bonchev–Trinajstić information content (AvgIpc) is 2.92. The first-order valence-electron chi connectivity index (χ1n) is 11.0. The van der Waals surface area contributed by atoms with E-state index < -0.39 is 31.5 Å². The molecule has 0 amide bonds. The summed E-state index contributed by atoms with van der Waals surface area (Å²) in [5, 5.41) is 10.2. The number of hydrogen-bond donors (Lipinski definition) is 2. The van der Waals surface area contributed by atoms with Crippen molar-refractivity contribution in [2.75, 3.05) is 25.9 Å². The van der Waals surface area contributed by atoms with E-state index in [1.54, 1.807) is 18.2 Å². The number of carboxylic acids is 1. The van der Waals surface area contributed by atoms with Gasteiger partial charge in [0.2, 0.25) is 15.7 Å². The molecule has 0 aliphatic carbocycles. The Bertz CT molecular complexity index is 1380. The quantitative estimate of drug-likeness (QED) is 0.370. The Hall–Kier alpha value is -2.34. The van der Waals surface area contributed by atoms with E-state index in [9.17, 15) is 21.6 Å². The monoisotopic (exact) mass is 511 g/mol. The van der Waals surface area contributed by atoms with E-state index in [4.69, 9.17) is 9.66 Å². The minimum atomic E-state index is -4.06. The van der Waals surface area contributed by atoms with Crippen molar-refractivity contribution >= 4 is 48.3 Å². The molecule has 0 radical (unpaired) electrons. The SMILES string of the molecule is CC1=[N+](CCCS(=O)(=O)O)c2ccc3c(S(=O)(=O)N(C)CCCC(=O)O)cccc3c2C1(C)C. The van der Waals surface area contributed by atoms with Gasteiger partial charge in [0.15, 0.2) is 5.71 Å². The van der Waals surface area contributed by atoms with Gasteiger partial charge < -0.3 is 5.11 Å². The van der Waals surface area contributed by atoms with E-state index >= 15 is 0 Å². The molecule has 11 heteroatoms. The Kier molecular flexibility index (Phi) is 7.24. The van der Waals surface area contributed by atoms with E-state index in [1.165, 1.54) is 11.4 Å². The lowest BCUT2D eigenvalue weighted by Gasteiger charge is -2.20. The molecule has 9 nitrogen and oxygen atoms in total. The van der Waals surface area contributed by atoms with Gasteiger partial charge in [0.1, 0.15) is 6.54 Å². The van der Waals surface area contributed by atoms with E-state index in [0.29, 0.717) is 11.9 Å². The maximum Gasteiger partial charge on any atom is 0.303 e. The number of sulfonamides is 1. The van der Waals surface area contributed by atoms with Crippen molar-refractivity contribution in [2.45, 2.75) is 50.3 Å². The van der Waals surface area contributed by atoms with Gasteiger partial charge in [0.25, 0.3) is 10.1 Å². The van der Waals surface area contributed by atoms with Crippen LogP contribution >= 0.6 is 0 Å². The number of benzene rings is 2. The third-order valence-corrected chi connectivity index (χ3v) is 9.28. The molecule has 0 bridgehead atoms. The summed E-state index contributed by atoms with van der Waals surface area (Å²) < 4.78 is 61.3. The highest BCUT2D eigenvalue weighted by Gasteiger charge is 2.44. The molecule has 3 rings (SSSR count). The molecular weight excluding hydrogens is 480 g/mol. The summed E-state index contributed by atoms with van der Waals surface area (Å²) in [4.78, 5) is 11.0. The van der Waals surface area contributed by atoms with Crippen molar-refractivity contribution in [1.82, 2.24) is 4.31 Å². The fraction of sp³-hybridized carbons (Fsp3) is 0.478. The zero-order valence-electron chi connectivity index (χ0n) is 19.8. The van der Waals surface area contributed by atoms with Crippen LogP contribution in [0.1, 0.15) is 45.6 Å². The second kappa shape index (κ2) is 9.37. The first-order valence-corrected chi connectivity index (χ1v) is 14.0. The maximum absolute atomic E-state index is 13.3. The predicted octanol–water partition coefficient (Wildman–Crippen LogP) is 3.00. The van der Waals surface area contributed by atoms with Crippen molar-refractivity contribution in [2.24, 2.45) is 0 Å². The number of nitrogens with zero attached hydrogens (tertiary/aromatic N) is 2. The van der Waals surface area contributed by atoms with Crippen LogP contribution in [-0.2, 0) is 30.4 Å². The first kappa shape index (κ1) is 26.3. The lowest BCUT2D eigenvalue weighted by Crippen LogP contribution is -2.29. The van der Waals surface area contributed by atoms with E-state index in [1.807, 2.05) is 37.5 Å². The topological polar surface area (TPSA) is 132 Å². The number of carbonyl (C=O) groups is 1. The van der Waals surface area contributed by atoms with Crippen LogP contribution in [0.2, 0.25) is 0 Å². The summed E-state index contributed by atoms with van der Waals surface area (Å²) in [5.74, 6) is -1.31. The van der Waals surface area contributed by atoms with E-state index in [2.05, 4.69) is 0 Å². The van der Waals surface area contributed by atoms with Crippen LogP contribution in [0.5, 0.6) is 0 Å². The Morgan fingerprint density at radius 1 is 1.06 bits per heavy atom. The van der Waals surface area contributed by atoms with Gasteiger partial charge in [-0.05, 0) is 37.8 Å². The van der Waals surface area contributed by atoms with Crippen LogP contribution in [0.25, 0.3) is 10.8 Å². The number of fused-ring (bicyclic) bond motifs is 3. The highest BCUT2D eigenvalue weighted by Crippen LogP contribution is 2.45. The van der Waals surface area contributed by atoms with Crippen LogP contribution < -0.4 is 0 Å². The van der Waals surface area contributed by atoms with Crippen molar-refractivity contribution in [3.8, 4) is 0 Å². The summed E-state index contributed by atoms with van der Waals surface area (Å²) in [5.41, 5.74) is 2.42. The van der Waals surface area contributed by atoms with Gasteiger partial charge in [-0.1, -0.05) is 12.1 Å². The van der Waals surface area contributed by atoms with Crippen LogP contribution in [-0.4, -0.2) is 72.9 Å². The Labute approximate surface area is 200 Å². The van der Waals surface area contributed by atoms with Gasteiger partial charge in [-0.2, -0.15) is 13.0 Å². The summed E-state index contributed by atoms with van der Waals surface area (Å²) in [6.07, 6.45) is 0.351. The smallest absolute Gasteiger partial charge is 0.303 e. The first-order chi connectivity index (χ1) is 15.7. The summed E-state index contributed by atoms with van der Waals surface area (Å²) in [6, 6.07) is 8.75. The molecule has 1 aliphatic heterocycles. The molecule has 0 atom stereocenters. The normalized spacial score (nSPS) is 15.8. The second-order valence-electron chi connectivity index (χ2n) is 9.14. The largest absolute Gasteiger partial charge is 0.481 e. The fourth-order valence-corrected chi connectivity index (χ4v) is 6.46. The van der Waals surface area contributed by atoms with Gasteiger partial charge >= 0.3 is 5.97 Å². The highest BCUT2D eigenvalue weighted by atomic mass is 32.2. The molecule has 1 aliphatic rings. The average molecular weight is 512 g/mol. The van der Waals surface area contributed by atoms with Crippen LogP contribution in [0.4, 0.5) is 5.69 Å². The summed E-state index contributed by atoms with van der Waals surface area (Å²) >= 11 is 0. The zero-order chi connectivity index (χ0) is 25.5. The standard InChI is InChI=1S/C23H30N2O7S2/c1-16-23(2,3)22-18-8-5-9-20(34(31,32)24(4)13-6-10-21(26)27)17(18)11-12-19(22)25(16)14-7-15-33(28,29)30/h5,8-9,11-12H,6-7,10,13-15H2,1-4H3,(H-,26,27,28,29,30)/p+1. The number of rotatable bonds is 10. The number of carboxylic acid groups (broad SMARTS) is 1. The molecule has 0 fully saturated rings. The van der Waals surface area contributed by atoms with Gasteiger partial charge in [0.05, 0.1) is 16.1 Å². The molecule has 34 heavy (non-hydrogen) atoms. The van der Waals surface area contributed by atoms with Crippen molar-refractivity contribution < 1.29 is 35.9 Å². The molecular formula is C23H31N2O7S2+. The lowest BCUT2D eigenvalue weighted by atomic mass is 9.80. The Balaban J connectivity index is 2.05. The lowest BCUT2D eigenvalue weighted by molar-refractivity contribution is -0.438. The summed E-state index contributed by atoms with van der Waals surface area (Å²) in [6.45, 7) is 6.55. The minimum Gasteiger partial charge on any atom is -0.481 e. The molecule has 0 saturated heterocycles. The maximum atomic E-state index is 13.3. The molecule has 0 spiro atoms. The predicted molar refractivity (Wildman–Crippen MR) is 130 cm³/mol.